The van der Waals surface area contributed by atoms with Crippen molar-refractivity contribution in [3.8, 4) is 5.75 Å². The third-order valence-electron chi connectivity index (χ3n) is 3.32. The minimum Gasteiger partial charge on any atom is -0.495 e. The predicted octanol–water partition coefficient (Wildman–Crippen LogP) is 5.03. The Bertz CT molecular complexity index is 634. The van der Waals surface area contributed by atoms with Crippen LogP contribution in [-0.2, 0) is 0 Å². The molecule has 2 aromatic rings. The van der Waals surface area contributed by atoms with Crippen LogP contribution in [0.15, 0.2) is 41.3 Å². The van der Waals surface area contributed by atoms with E-state index in [-0.39, 0.29) is 6.04 Å². The molecule has 0 fully saturated rings. The van der Waals surface area contributed by atoms with Crippen molar-refractivity contribution in [2.45, 2.75) is 10.9 Å². The number of methoxy groups -OCH3 is 1. The third-order valence-corrected chi connectivity index (χ3v) is 4.76. The Balaban J connectivity index is 2.54. The van der Waals surface area contributed by atoms with E-state index in [2.05, 4.69) is 23.7 Å². The van der Waals surface area contributed by atoms with Gasteiger partial charge >= 0.3 is 0 Å². The lowest BCUT2D eigenvalue weighted by atomic mass is 9.98. The van der Waals surface area contributed by atoms with Crippen molar-refractivity contribution < 1.29 is 4.74 Å². The molecule has 0 saturated heterocycles. The van der Waals surface area contributed by atoms with Crippen molar-refractivity contribution in [1.82, 2.24) is 5.32 Å². The lowest BCUT2D eigenvalue weighted by Crippen LogP contribution is -2.19. The molecule has 1 atom stereocenters. The largest absolute Gasteiger partial charge is 0.495 e. The Kier molecular flexibility index (Phi) is 5.82. The molecular weight excluding hydrogens is 325 g/mol. The highest BCUT2D eigenvalue weighted by atomic mass is 35.5. The van der Waals surface area contributed by atoms with Crippen LogP contribution in [0.4, 0.5) is 0 Å². The minimum absolute atomic E-state index is 0.0236. The minimum atomic E-state index is -0.0236. The first kappa shape index (κ1) is 16.5. The number of hydrogen-bond acceptors (Lipinski definition) is 3. The SMILES string of the molecule is CNC(c1cc(Cl)c(OC)cc1Cl)c1ccccc1SC. The average Bonchev–Trinajstić information content (AvgIpc) is 2.51. The summed E-state index contributed by atoms with van der Waals surface area (Å²) in [6, 6.07) is 11.9. The van der Waals surface area contributed by atoms with Gasteiger partial charge in [-0.05, 0) is 36.6 Å². The van der Waals surface area contributed by atoms with Gasteiger partial charge in [-0.25, -0.2) is 0 Å². The van der Waals surface area contributed by atoms with E-state index in [0.29, 0.717) is 15.8 Å². The van der Waals surface area contributed by atoms with Crippen LogP contribution in [0.5, 0.6) is 5.75 Å². The van der Waals surface area contributed by atoms with E-state index in [0.717, 1.165) is 5.56 Å². The topological polar surface area (TPSA) is 21.3 Å². The van der Waals surface area contributed by atoms with E-state index in [4.69, 9.17) is 27.9 Å². The van der Waals surface area contributed by atoms with Gasteiger partial charge in [0.25, 0.3) is 0 Å². The van der Waals surface area contributed by atoms with Crippen LogP contribution in [0, 0.1) is 0 Å². The molecule has 0 bridgehead atoms. The lowest BCUT2D eigenvalue weighted by molar-refractivity contribution is 0.415. The fourth-order valence-electron chi connectivity index (χ4n) is 2.31. The van der Waals surface area contributed by atoms with E-state index in [1.54, 1.807) is 24.9 Å². The van der Waals surface area contributed by atoms with Crippen LogP contribution in [0.2, 0.25) is 10.0 Å². The van der Waals surface area contributed by atoms with Crippen LogP contribution in [0.3, 0.4) is 0 Å². The molecule has 2 rings (SSSR count). The first-order valence-corrected chi connectivity index (χ1v) is 8.43. The van der Waals surface area contributed by atoms with E-state index < -0.39 is 0 Å². The molecule has 0 aliphatic rings. The van der Waals surface area contributed by atoms with Gasteiger partial charge in [-0.2, -0.15) is 0 Å². The van der Waals surface area contributed by atoms with Crippen molar-refractivity contribution in [1.29, 1.82) is 0 Å². The molecular formula is C16H17Cl2NOS. The summed E-state index contributed by atoms with van der Waals surface area (Å²) in [4.78, 5) is 1.21. The van der Waals surface area contributed by atoms with Crippen LogP contribution < -0.4 is 10.1 Å². The molecule has 2 nitrogen and oxygen atoms in total. The van der Waals surface area contributed by atoms with Crippen LogP contribution >= 0.6 is 35.0 Å². The highest BCUT2D eigenvalue weighted by Gasteiger charge is 2.20. The quantitative estimate of drug-likeness (QED) is 0.770. The van der Waals surface area contributed by atoms with E-state index >= 15 is 0 Å². The molecule has 0 aliphatic heterocycles. The smallest absolute Gasteiger partial charge is 0.138 e. The number of halogens is 2. The molecule has 0 amide bonds. The Morgan fingerprint density at radius 2 is 1.81 bits per heavy atom. The third kappa shape index (κ3) is 3.49. The maximum atomic E-state index is 6.41. The average molecular weight is 342 g/mol. The van der Waals surface area contributed by atoms with Gasteiger partial charge < -0.3 is 10.1 Å². The van der Waals surface area contributed by atoms with Gasteiger partial charge in [-0.3, -0.25) is 0 Å². The summed E-state index contributed by atoms with van der Waals surface area (Å²) in [5.41, 5.74) is 2.11. The molecule has 112 valence electrons. The summed E-state index contributed by atoms with van der Waals surface area (Å²) >= 11 is 14.4. The number of benzene rings is 2. The molecule has 2 aromatic carbocycles. The first-order valence-electron chi connectivity index (χ1n) is 6.45. The monoisotopic (exact) mass is 341 g/mol. The van der Waals surface area contributed by atoms with E-state index in [1.165, 1.54) is 10.5 Å². The zero-order valence-corrected chi connectivity index (χ0v) is 14.4. The van der Waals surface area contributed by atoms with Gasteiger partial charge in [0.1, 0.15) is 5.75 Å². The fraction of sp³-hybridized carbons (Fsp3) is 0.250. The summed E-state index contributed by atoms with van der Waals surface area (Å²) in [6.45, 7) is 0. The van der Waals surface area contributed by atoms with Gasteiger partial charge in [-0.15, -0.1) is 11.8 Å². The predicted molar refractivity (Wildman–Crippen MR) is 92.1 cm³/mol. The Morgan fingerprint density at radius 1 is 1.10 bits per heavy atom. The highest BCUT2D eigenvalue weighted by Crippen LogP contribution is 2.38. The summed E-state index contributed by atoms with van der Waals surface area (Å²) in [6.07, 6.45) is 2.06. The molecule has 0 radical (unpaired) electrons. The molecule has 0 aliphatic carbocycles. The Hall–Kier alpha value is -0.870. The van der Waals surface area contributed by atoms with E-state index in [9.17, 15) is 0 Å². The summed E-state index contributed by atoms with van der Waals surface area (Å²) in [5, 5.41) is 4.50. The summed E-state index contributed by atoms with van der Waals surface area (Å²) < 4.78 is 5.20. The molecule has 0 heterocycles. The van der Waals surface area contributed by atoms with Gasteiger partial charge in [0.2, 0.25) is 0 Å². The van der Waals surface area contributed by atoms with Crippen LogP contribution in [0.1, 0.15) is 17.2 Å². The molecule has 0 aromatic heterocycles. The molecule has 1 unspecified atom stereocenters. The second-order valence-electron chi connectivity index (χ2n) is 4.47. The maximum absolute atomic E-state index is 6.41. The van der Waals surface area contributed by atoms with Crippen LogP contribution in [0.25, 0.3) is 0 Å². The second-order valence-corrected chi connectivity index (χ2v) is 6.13. The highest BCUT2D eigenvalue weighted by molar-refractivity contribution is 7.98. The second kappa shape index (κ2) is 7.41. The summed E-state index contributed by atoms with van der Waals surface area (Å²) in [7, 11) is 3.49. The van der Waals surface area contributed by atoms with Crippen molar-refractivity contribution in [3.63, 3.8) is 0 Å². The van der Waals surface area contributed by atoms with E-state index in [1.807, 2.05) is 25.2 Å². The van der Waals surface area contributed by atoms with Crippen molar-refractivity contribution in [2.75, 3.05) is 20.4 Å². The van der Waals surface area contributed by atoms with Crippen LogP contribution in [-0.4, -0.2) is 20.4 Å². The molecule has 0 saturated carbocycles. The first-order chi connectivity index (χ1) is 10.1. The van der Waals surface area contributed by atoms with Crippen molar-refractivity contribution in [2.24, 2.45) is 0 Å². The maximum Gasteiger partial charge on any atom is 0.138 e. The Morgan fingerprint density at radius 3 is 2.43 bits per heavy atom. The number of hydrogen-bond donors (Lipinski definition) is 1. The molecule has 1 N–H and O–H groups in total. The van der Waals surface area contributed by atoms with Gasteiger partial charge in [-0.1, -0.05) is 41.4 Å². The van der Waals surface area contributed by atoms with Gasteiger partial charge in [0, 0.05) is 16.0 Å². The molecule has 21 heavy (non-hydrogen) atoms. The van der Waals surface area contributed by atoms with Crippen molar-refractivity contribution in [3.05, 3.63) is 57.6 Å². The lowest BCUT2D eigenvalue weighted by Gasteiger charge is -2.22. The molecule has 0 spiro atoms. The van der Waals surface area contributed by atoms with Crippen molar-refractivity contribution >= 4 is 35.0 Å². The van der Waals surface area contributed by atoms with Gasteiger partial charge in [0.15, 0.2) is 0 Å². The molecule has 5 heteroatoms. The zero-order valence-electron chi connectivity index (χ0n) is 12.1. The standard InChI is InChI=1S/C16H17Cl2NOS/c1-19-16(10-6-4-5-7-15(10)21-3)11-8-13(18)14(20-2)9-12(11)17/h4-9,16,19H,1-3H3. The fourth-order valence-corrected chi connectivity index (χ4v) is 3.45. The number of nitrogens with one attached hydrogen (secondary N) is 1. The number of thioether (sulfide) groups is 1. The summed E-state index contributed by atoms with van der Waals surface area (Å²) in [5.74, 6) is 0.582. The van der Waals surface area contributed by atoms with Gasteiger partial charge in [0.05, 0.1) is 18.2 Å². The number of ether oxygens (including phenoxy) is 1. The number of rotatable bonds is 5. The Labute approximate surface area is 139 Å². The normalized spacial score (nSPS) is 12.2. The zero-order chi connectivity index (χ0) is 15.4.